The van der Waals surface area contributed by atoms with E-state index in [1.54, 1.807) is 18.7 Å². The molecule has 1 N–H and O–H groups in total. The lowest BCUT2D eigenvalue weighted by Gasteiger charge is -2.26. The van der Waals surface area contributed by atoms with E-state index in [4.69, 9.17) is 4.42 Å². The summed E-state index contributed by atoms with van der Waals surface area (Å²) >= 11 is 3.32. The van der Waals surface area contributed by atoms with Crippen LogP contribution < -0.4 is 5.32 Å². The van der Waals surface area contributed by atoms with Crippen LogP contribution in [-0.4, -0.2) is 29.8 Å². The molecule has 2 aromatic rings. The molecule has 0 bridgehead atoms. The second kappa shape index (κ2) is 8.22. The molecule has 9 heteroatoms. The lowest BCUT2D eigenvalue weighted by Crippen LogP contribution is -2.39. The van der Waals surface area contributed by atoms with Crippen molar-refractivity contribution in [2.24, 2.45) is 0 Å². The Morgan fingerprint density at radius 2 is 2.03 bits per heavy atom. The molecule has 1 unspecified atom stereocenters. The van der Waals surface area contributed by atoms with E-state index in [0.717, 1.165) is 12.1 Å². The summed E-state index contributed by atoms with van der Waals surface area (Å²) < 4.78 is 45.4. The molecule has 2 amide bonds. The number of carbonyl (C=O) groups is 2. The summed E-state index contributed by atoms with van der Waals surface area (Å²) in [6.45, 7) is 3.94. The van der Waals surface area contributed by atoms with E-state index in [2.05, 4.69) is 21.2 Å². The Hall–Kier alpha value is -2.29. The normalized spacial score (nSPS) is 15.7. The number of benzene rings is 1. The lowest BCUT2D eigenvalue weighted by atomic mass is 10.0. The molecule has 1 saturated heterocycles. The first-order valence-corrected chi connectivity index (χ1v) is 9.88. The van der Waals surface area contributed by atoms with Gasteiger partial charge in [0.15, 0.2) is 0 Å². The van der Waals surface area contributed by atoms with Crippen molar-refractivity contribution in [1.82, 2.24) is 10.2 Å². The van der Waals surface area contributed by atoms with Crippen LogP contribution in [0.15, 0.2) is 33.2 Å². The van der Waals surface area contributed by atoms with E-state index in [9.17, 15) is 22.8 Å². The molecule has 156 valence electrons. The molecule has 1 aliphatic rings. The summed E-state index contributed by atoms with van der Waals surface area (Å²) in [5, 5.41) is 2.78. The number of amides is 2. The molecule has 1 atom stereocenters. The van der Waals surface area contributed by atoms with Crippen molar-refractivity contribution in [3.05, 3.63) is 56.9 Å². The van der Waals surface area contributed by atoms with Crippen LogP contribution in [-0.2, 0) is 11.0 Å². The summed E-state index contributed by atoms with van der Waals surface area (Å²) in [5.41, 5.74) is -0.243. The Kier molecular flexibility index (Phi) is 6.07. The maximum Gasteiger partial charge on any atom is 0.416 e. The second-order valence-electron chi connectivity index (χ2n) is 7.00. The molecule has 0 spiro atoms. The first-order valence-electron chi connectivity index (χ1n) is 9.09. The second-order valence-corrected chi connectivity index (χ2v) is 7.79. The largest absolute Gasteiger partial charge is 0.465 e. The highest BCUT2D eigenvalue weighted by Gasteiger charge is 2.32. The van der Waals surface area contributed by atoms with Gasteiger partial charge in [-0.1, -0.05) is 12.1 Å². The zero-order chi connectivity index (χ0) is 21.3. The van der Waals surface area contributed by atoms with Crippen LogP contribution >= 0.6 is 15.9 Å². The van der Waals surface area contributed by atoms with Crippen LogP contribution in [0, 0.1) is 13.8 Å². The number of rotatable bonds is 5. The van der Waals surface area contributed by atoms with Gasteiger partial charge in [-0.3, -0.25) is 9.59 Å². The number of halogens is 4. The van der Waals surface area contributed by atoms with Gasteiger partial charge < -0.3 is 14.6 Å². The van der Waals surface area contributed by atoms with Crippen molar-refractivity contribution < 1.29 is 27.2 Å². The molecule has 0 radical (unpaired) electrons. The maximum absolute atomic E-state index is 13.2. The van der Waals surface area contributed by atoms with E-state index >= 15 is 0 Å². The minimum absolute atomic E-state index is 0.0762. The Bertz CT molecular complexity index is 940. The fourth-order valence-corrected chi connectivity index (χ4v) is 3.97. The van der Waals surface area contributed by atoms with Crippen LogP contribution in [0.3, 0.4) is 0 Å². The molecule has 0 aliphatic carbocycles. The SMILES string of the molecule is Cc1oc(C)c(C(=O)NC(CN2CCCC2=O)c2cccc(C(F)(F)F)c2)c1Br. The Labute approximate surface area is 174 Å². The minimum Gasteiger partial charge on any atom is -0.465 e. The molecular weight excluding hydrogens is 453 g/mol. The van der Waals surface area contributed by atoms with Crippen LogP contribution in [0.4, 0.5) is 13.2 Å². The summed E-state index contributed by atoms with van der Waals surface area (Å²) in [5.74, 6) is 0.359. The fraction of sp³-hybridized carbons (Fsp3) is 0.400. The van der Waals surface area contributed by atoms with Gasteiger partial charge in [0, 0.05) is 19.5 Å². The van der Waals surface area contributed by atoms with E-state index in [0.29, 0.717) is 35.4 Å². The van der Waals surface area contributed by atoms with Gasteiger partial charge in [-0.15, -0.1) is 0 Å². The monoisotopic (exact) mass is 472 g/mol. The van der Waals surface area contributed by atoms with Crippen molar-refractivity contribution in [3.8, 4) is 0 Å². The zero-order valence-corrected chi connectivity index (χ0v) is 17.5. The standard InChI is InChI=1S/C20H20BrF3N2O3/c1-11-17(18(21)12(2)29-11)19(28)25-15(10-26-8-4-7-16(26)27)13-5-3-6-14(9-13)20(22,23)24/h3,5-6,9,15H,4,7-8,10H2,1-2H3,(H,25,28). The number of furan rings is 1. The molecule has 0 saturated carbocycles. The first kappa shape index (κ1) is 21.4. The molecule has 1 aromatic carbocycles. The molecule has 3 rings (SSSR count). The van der Waals surface area contributed by atoms with Gasteiger partial charge in [0.2, 0.25) is 5.91 Å². The topological polar surface area (TPSA) is 62.6 Å². The van der Waals surface area contributed by atoms with Gasteiger partial charge in [-0.05, 0) is 53.9 Å². The predicted molar refractivity (Wildman–Crippen MR) is 103 cm³/mol. The third-order valence-corrected chi connectivity index (χ3v) is 5.86. The molecular formula is C20H20BrF3N2O3. The van der Waals surface area contributed by atoms with E-state index in [-0.39, 0.29) is 23.6 Å². The molecule has 1 aromatic heterocycles. The van der Waals surface area contributed by atoms with Crippen LogP contribution in [0.1, 0.15) is 51.9 Å². The first-order chi connectivity index (χ1) is 13.6. The van der Waals surface area contributed by atoms with Gasteiger partial charge in [0.1, 0.15) is 11.5 Å². The van der Waals surface area contributed by atoms with E-state index < -0.39 is 23.7 Å². The summed E-state index contributed by atoms with van der Waals surface area (Å²) in [4.78, 5) is 26.5. The van der Waals surface area contributed by atoms with Crippen molar-refractivity contribution in [2.75, 3.05) is 13.1 Å². The maximum atomic E-state index is 13.2. The number of alkyl halides is 3. The lowest BCUT2D eigenvalue weighted by molar-refractivity contribution is -0.137. The zero-order valence-electron chi connectivity index (χ0n) is 15.9. The summed E-state index contributed by atoms with van der Waals surface area (Å²) in [7, 11) is 0. The van der Waals surface area contributed by atoms with Gasteiger partial charge in [0.25, 0.3) is 5.91 Å². The number of carbonyl (C=O) groups excluding carboxylic acids is 2. The van der Waals surface area contributed by atoms with E-state index in [1.807, 2.05) is 0 Å². The van der Waals surface area contributed by atoms with Crippen molar-refractivity contribution in [2.45, 2.75) is 38.9 Å². The van der Waals surface area contributed by atoms with Gasteiger partial charge in [-0.2, -0.15) is 13.2 Å². The Balaban J connectivity index is 1.93. The van der Waals surface area contributed by atoms with Gasteiger partial charge in [0.05, 0.1) is 21.6 Å². The predicted octanol–water partition coefficient (Wildman–Crippen LogP) is 4.77. The molecule has 1 aliphatic heterocycles. The van der Waals surface area contributed by atoms with Crippen LogP contribution in [0.25, 0.3) is 0 Å². The van der Waals surface area contributed by atoms with Crippen molar-refractivity contribution in [3.63, 3.8) is 0 Å². The number of nitrogens with one attached hydrogen (secondary N) is 1. The molecule has 29 heavy (non-hydrogen) atoms. The highest BCUT2D eigenvalue weighted by Crippen LogP contribution is 2.32. The van der Waals surface area contributed by atoms with Crippen LogP contribution in [0.5, 0.6) is 0 Å². The quantitative estimate of drug-likeness (QED) is 0.681. The molecule has 1 fully saturated rings. The number of likely N-dealkylation sites (tertiary alicyclic amines) is 1. The number of hydrogen-bond acceptors (Lipinski definition) is 3. The summed E-state index contributed by atoms with van der Waals surface area (Å²) in [6, 6.07) is 4.00. The van der Waals surface area contributed by atoms with Crippen LogP contribution in [0.2, 0.25) is 0 Å². The average Bonchev–Trinajstić information content (AvgIpc) is 3.16. The van der Waals surface area contributed by atoms with Gasteiger partial charge >= 0.3 is 6.18 Å². The number of aryl methyl sites for hydroxylation is 2. The van der Waals surface area contributed by atoms with Gasteiger partial charge in [-0.25, -0.2) is 0 Å². The third-order valence-electron chi connectivity index (χ3n) is 4.91. The highest BCUT2D eigenvalue weighted by molar-refractivity contribution is 9.10. The average molecular weight is 473 g/mol. The smallest absolute Gasteiger partial charge is 0.416 e. The fourth-order valence-electron chi connectivity index (χ4n) is 3.43. The number of nitrogens with zero attached hydrogens (tertiary/aromatic N) is 1. The van der Waals surface area contributed by atoms with Crippen molar-refractivity contribution >= 4 is 27.7 Å². The Morgan fingerprint density at radius 1 is 1.31 bits per heavy atom. The third kappa shape index (κ3) is 4.66. The number of hydrogen-bond donors (Lipinski definition) is 1. The highest BCUT2D eigenvalue weighted by atomic mass is 79.9. The summed E-state index contributed by atoms with van der Waals surface area (Å²) in [6.07, 6.45) is -3.42. The Morgan fingerprint density at radius 3 is 2.59 bits per heavy atom. The minimum atomic E-state index is -4.50. The molecule has 2 heterocycles. The van der Waals surface area contributed by atoms with Crippen molar-refractivity contribution in [1.29, 1.82) is 0 Å². The van der Waals surface area contributed by atoms with E-state index in [1.165, 1.54) is 12.1 Å². The molecule has 5 nitrogen and oxygen atoms in total.